The van der Waals surface area contributed by atoms with Gasteiger partial charge in [-0.15, -0.1) is 24.8 Å². The van der Waals surface area contributed by atoms with Crippen molar-refractivity contribution in [2.45, 2.75) is 51.1 Å². The summed E-state index contributed by atoms with van der Waals surface area (Å²) in [5, 5.41) is 4.28. The molecule has 2 fully saturated rings. The highest BCUT2D eigenvalue weighted by Gasteiger charge is 2.40. The molecule has 1 heterocycles. The number of carbonyl (C=O) groups excluding carboxylic acids is 1. The van der Waals surface area contributed by atoms with Gasteiger partial charge in [0.2, 0.25) is 0 Å². The molecule has 2 atom stereocenters. The van der Waals surface area contributed by atoms with Crippen LogP contribution in [0.1, 0.15) is 48.2 Å². The highest BCUT2D eigenvalue weighted by Crippen LogP contribution is 2.39. The minimum atomic E-state index is 0. The molecule has 2 bridgehead atoms. The zero-order chi connectivity index (χ0) is 16.7. The van der Waals surface area contributed by atoms with Crippen molar-refractivity contribution < 1.29 is 4.79 Å². The van der Waals surface area contributed by atoms with Crippen molar-refractivity contribution in [1.82, 2.24) is 10.3 Å². The maximum atomic E-state index is 13.0. The molecule has 1 aromatic carbocycles. The van der Waals surface area contributed by atoms with Gasteiger partial charge in [0.25, 0.3) is 5.91 Å². The van der Waals surface area contributed by atoms with Crippen molar-refractivity contribution in [3.8, 4) is 0 Å². The van der Waals surface area contributed by atoms with E-state index in [1.807, 2.05) is 37.3 Å². The molecule has 4 rings (SSSR count). The Balaban J connectivity index is 0.00000121. The number of amides is 1. The van der Waals surface area contributed by atoms with E-state index < -0.39 is 0 Å². The fourth-order valence-corrected chi connectivity index (χ4v) is 4.75. The second-order valence-corrected chi connectivity index (χ2v) is 7.51. The maximum absolute atomic E-state index is 13.0. The molecule has 142 valence electrons. The van der Waals surface area contributed by atoms with E-state index in [9.17, 15) is 4.79 Å². The predicted molar refractivity (Wildman–Crippen MR) is 110 cm³/mol. The Hall–Kier alpha value is -1.36. The fourth-order valence-electron chi connectivity index (χ4n) is 4.75. The molecule has 0 aliphatic heterocycles. The lowest BCUT2D eigenvalue weighted by Gasteiger charge is -2.45. The highest BCUT2D eigenvalue weighted by atomic mass is 35.5. The van der Waals surface area contributed by atoms with Crippen LogP contribution in [0.25, 0.3) is 10.9 Å². The van der Waals surface area contributed by atoms with Crippen molar-refractivity contribution in [2.75, 3.05) is 0 Å². The van der Waals surface area contributed by atoms with Crippen molar-refractivity contribution in [3.63, 3.8) is 0 Å². The number of nitrogens with two attached hydrogens (primary N) is 1. The first kappa shape index (κ1) is 20.9. The number of aromatic nitrogens is 1. The second kappa shape index (κ2) is 8.55. The van der Waals surface area contributed by atoms with E-state index >= 15 is 0 Å². The van der Waals surface area contributed by atoms with Crippen LogP contribution in [0.4, 0.5) is 0 Å². The lowest BCUT2D eigenvalue weighted by molar-refractivity contribution is 0.0757. The van der Waals surface area contributed by atoms with Crippen molar-refractivity contribution in [3.05, 3.63) is 41.6 Å². The van der Waals surface area contributed by atoms with Crippen LogP contribution in [-0.4, -0.2) is 23.0 Å². The first-order valence-electron chi connectivity index (χ1n) is 9.04. The van der Waals surface area contributed by atoms with E-state index in [1.54, 1.807) is 0 Å². The van der Waals surface area contributed by atoms with E-state index in [0.29, 0.717) is 17.9 Å². The number of halogens is 2. The summed E-state index contributed by atoms with van der Waals surface area (Å²) in [5.74, 6) is 1.10. The number of fused-ring (bicyclic) bond motifs is 3. The van der Waals surface area contributed by atoms with Crippen LogP contribution in [0.5, 0.6) is 0 Å². The largest absolute Gasteiger partial charge is 0.349 e. The number of benzene rings is 1. The smallest absolute Gasteiger partial charge is 0.252 e. The number of carbonyl (C=O) groups is 1. The Labute approximate surface area is 167 Å². The van der Waals surface area contributed by atoms with E-state index in [4.69, 9.17) is 5.73 Å². The Bertz CT molecular complexity index is 769. The van der Waals surface area contributed by atoms with Gasteiger partial charge in [-0.05, 0) is 56.6 Å². The van der Waals surface area contributed by atoms with E-state index in [1.165, 1.54) is 19.3 Å². The van der Waals surface area contributed by atoms with Gasteiger partial charge in [0.1, 0.15) is 0 Å². The van der Waals surface area contributed by atoms with E-state index in [-0.39, 0.29) is 36.8 Å². The van der Waals surface area contributed by atoms with Crippen molar-refractivity contribution in [2.24, 2.45) is 17.6 Å². The van der Waals surface area contributed by atoms with Crippen LogP contribution in [0.2, 0.25) is 0 Å². The van der Waals surface area contributed by atoms with Gasteiger partial charge >= 0.3 is 0 Å². The number of para-hydroxylation sites is 1. The molecule has 0 radical (unpaired) electrons. The first-order chi connectivity index (χ1) is 11.6. The number of hydrogen-bond donors (Lipinski definition) is 2. The Morgan fingerprint density at radius 1 is 1.15 bits per heavy atom. The minimum absolute atomic E-state index is 0. The molecule has 26 heavy (non-hydrogen) atoms. The molecule has 6 heteroatoms. The molecular formula is C20H27Cl2N3O. The molecular weight excluding hydrogens is 369 g/mol. The van der Waals surface area contributed by atoms with Gasteiger partial charge in [0.15, 0.2) is 0 Å². The molecule has 1 amide bonds. The maximum Gasteiger partial charge on any atom is 0.252 e. The summed E-state index contributed by atoms with van der Waals surface area (Å²) >= 11 is 0. The average Bonchev–Trinajstić information content (AvgIpc) is 2.54. The third-order valence-corrected chi connectivity index (χ3v) is 5.76. The number of nitrogens with one attached hydrogen (secondary N) is 1. The molecule has 2 aromatic rings. The van der Waals surface area contributed by atoms with Gasteiger partial charge < -0.3 is 11.1 Å². The van der Waals surface area contributed by atoms with Crippen LogP contribution >= 0.6 is 24.8 Å². The molecule has 1 aromatic heterocycles. The van der Waals surface area contributed by atoms with Gasteiger partial charge in [-0.3, -0.25) is 9.78 Å². The number of nitrogens with zero attached hydrogens (tertiary/aromatic N) is 1. The topological polar surface area (TPSA) is 68.0 Å². The average molecular weight is 396 g/mol. The fraction of sp³-hybridized carbons (Fsp3) is 0.500. The summed E-state index contributed by atoms with van der Waals surface area (Å²) in [7, 11) is 0. The van der Waals surface area contributed by atoms with Gasteiger partial charge in [0, 0.05) is 23.2 Å². The molecule has 0 spiro atoms. The van der Waals surface area contributed by atoms with Crippen LogP contribution in [0.3, 0.4) is 0 Å². The monoisotopic (exact) mass is 395 g/mol. The summed E-state index contributed by atoms with van der Waals surface area (Å²) in [4.78, 5) is 17.6. The summed E-state index contributed by atoms with van der Waals surface area (Å²) < 4.78 is 0. The Morgan fingerprint density at radius 3 is 2.50 bits per heavy atom. The van der Waals surface area contributed by atoms with Crippen LogP contribution in [-0.2, 0) is 0 Å². The molecule has 2 unspecified atom stereocenters. The Morgan fingerprint density at radius 2 is 1.81 bits per heavy atom. The summed E-state index contributed by atoms with van der Waals surface area (Å²) in [6.07, 6.45) is 5.72. The minimum Gasteiger partial charge on any atom is -0.349 e. The number of pyridine rings is 1. The van der Waals surface area contributed by atoms with Gasteiger partial charge in [0.05, 0.1) is 11.1 Å². The number of rotatable bonds is 2. The third kappa shape index (κ3) is 3.98. The molecule has 2 aliphatic rings. The highest BCUT2D eigenvalue weighted by molar-refractivity contribution is 6.06. The number of aryl methyl sites for hydroxylation is 1. The molecule has 2 saturated carbocycles. The lowest BCUT2D eigenvalue weighted by Crippen LogP contribution is -2.53. The summed E-state index contributed by atoms with van der Waals surface area (Å²) in [6.45, 7) is 1.94. The number of hydrogen-bond acceptors (Lipinski definition) is 3. The van der Waals surface area contributed by atoms with Gasteiger partial charge in [-0.25, -0.2) is 0 Å². The van der Waals surface area contributed by atoms with Crippen molar-refractivity contribution >= 4 is 41.6 Å². The zero-order valence-corrected chi connectivity index (χ0v) is 16.6. The second-order valence-electron chi connectivity index (χ2n) is 7.51. The van der Waals surface area contributed by atoms with Gasteiger partial charge in [-0.1, -0.05) is 24.6 Å². The van der Waals surface area contributed by atoms with Gasteiger partial charge in [-0.2, -0.15) is 0 Å². The van der Waals surface area contributed by atoms with E-state index in [2.05, 4.69) is 10.3 Å². The molecule has 2 aliphatic carbocycles. The quantitative estimate of drug-likeness (QED) is 0.806. The lowest BCUT2D eigenvalue weighted by atomic mass is 9.67. The van der Waals surface area contributed by atoms with Crippen LogP contribution in [0.15, 0.2) is 30.3 Å². The molecule has 4 nitrogen and oxygen atoms in total. The molecule has 0 saturated heterocycles. The van der Waals surface area contributed by atoms with Crippen LogP contribution < -0.4 is 11.1 Å². The third-order valence-electron chi connectivity index (χ3n) is 5.76. The standard InChI is InChI=1S/C20H25N3O.2ClH/c1-12-9-17(16-7-2-3-8-18(16)22-12)20(24)23-19-13-5-4-6-14(19)11-15(21)10-13;;/h2-3,7-9,13-15,19H,4-6,10-11,21H2,1H3,(H,23,24);2*1H. The van der Waals surface area contributed by atoms with E-state index in [0.717, 1.165) is 35.0 Å². The first-order valence-corrected chi connectivity index (χ1v) is 9.04. The molecule has 3 N–H and O–H groups in total. The summed E-state index contributed by atoms with van der Waals surface area (Å²) in [5.41, 5.74) is 8.71. The summed E-state index contributed by atoms with van der Waals surface area (Å²) in [6, 6.07) is 10.4. The van der Waals surface area contributed by atoms with Crippen molar-refractivity contribution in [1.29, 1.82) is 0 Å². The van der Waals surface area contributed by atoms with Crippen LogP contribution in [0, 0.1) is 18.8 Å². The Kier molecular flexibility index (Phi) is 6.89. The SMILES string of the molecule is Cc1cc(C(=O)NC2C3CCCC2CC(N)C3)c2ccccc2n1.Cl.Cl. The normalized spacial score (nSPS) is 27.2. The predicted octanol–water partition coefficient (Wildman–Crippen LogP) is 4.02. The zero-order valence-electron chi connectivity index (χ0n) is 15.0.